The normalized spacial score (nSPS) is 19.5. The second-order valence-electron chi connectivity index (χ2n) is 4.41. The Bertz CT molecular complexity index is 570. The second kappa shape index (κ2) is 4.77. The average Bonchev–Trinajstić information content (AvgIpc) is 2.69. The van der Waals surface area contributed by atoms with E-state index in [1.807, 2.05) is 0 Å². The van der Waals surface area contributed by atoms with Crippen LogP contribution < -0.4 is 4.90 Å². The summed E-state index contributed by atoms with van der Waals surface area (Å²) in [5.74, 6) is -4.17. The highest BCUT2D eigenvalue weighted by molar-refractivity contribution is 5.99. The Morgan fingerprint density at radius 3 is 2.45 bits per heavy atom. The Morgan fingerprint density at radius 1 is 1.35 bits per heavy atom. The van der Waals surface area contributed by atoms with E-state index in [4.69, 9.17) is 5.11 Å². The molecule has 1 atom stereocenters. The number of carbonyl (C=O) groups is 2. The first-order chi connectivity index (χ1) is 9.20. The van der Waals surface area contributed by atoms with Crippen LogP contribution in [0.2, 0.25) is 0 Å². The first kappa shape index (κ1) is 14.3. The summed E-state index contributed by atoms with van der Waals surface area (Å²) in [5.41, 5.74) is -1.51. The van der Waals surface area contributed by atoms with Gasteiger partial charge in [0.05, 0.1) is 11.5 Å². The van der Waals surface area contributed by atoms with Crippen molar-refractivity contribution in [3.8, 4) is 0 Å². The molecule has 1 aromatic carbocycles. The maximum Gasteiger partial charge on any atom is 0.419 e. The van der Waals surface area contributed by atoms with E-state index in [0.717, 1.165) is 11.0 Å². The van der Waals surface area contributed by atoms with Gasteiger partial charge in [0.1, 0.15) is 5.82 Å². The summed E-state index contributed by atoms with van der Waals surface area (Å²) in [7, 11) is 0. The summed E-state index contributed by atoms with van der Waals surface area (Å²) in [6.45, 7) is -0.182. The summed E-state index contributed by atoms with van der Waals surface area (Å²) in [4.78, 5) is 23.3. The summed E-state index contributed by atoms with van der Waals surface area (Å²) in [6.07, 6.45) is -5.07. The number of carboxylic acids is 1. The fourth-order valence-corrected chi connectivity index (χ4v) is 2.02. The van der Waals surface area contributed by atoms with Gasteiger partial charge in [-0.3, -0.25) is 9.59 Å². The van der Waals surface area contributed by atoms with Crippen LogP contribution in [0.25, 0.3) is 0 Å². The molecular weight excluding hydrogens is 282 g/mol. The molecule has 0 aliphatic carbocycles. The minimum absolute atomic E-state index is 0.0794. The molecule has 1 aromatic rings. The fraction of sp³-hybridized carbons (Fsp3) is 0.333. The number of hydrogen-bond donors (Lipinski definition) is 1. The van der Waals surface area contributed by atoms with Crippen molar-refractivity contribution in [1.29, 1.82) is 0 Å². The third-order valence-corrected chi connectivity index (χ3v) is 3.04. The molecule has 0 aromatic heterocycles. The van der Waals surface area contributed by atoms with Crippen molar-refractivity contribution in [2.45, 2.75) is 12.6 Å². The van der Waals surface area contributed by atoms with Crippen molar-refractivity contribution in [2.24, 2.45) is 5.92 Å². The van der Waals surface area contributed by atoms with Crippen LogP contribution in [0.15, 0.2) is 18.2 Å². The van der Waals surface area contributed by atoms with E-state index in [9.17, 15) is 27.2 Å². The van der Waals surface area contributed by atoms with Gasteiger partial charge in [-0.1, -0.05) is 0 Å². The number of benzene rings is 1. The van der Waals surface area contributed by atoms with Crippen LogP contribution >= 0.6 is 0 Å². The number of alkyl halides is 3. The lowest BCUT2D eigenvalue weighted by molar-refractivity contribution is -0.142. The van der Waals surface area contributed by atoms with Crippen LogP contribution in [0.1, 0.15) is 12.0 Å². The number of anilines is 1. The number of carbonyl (C=O) groups excluding carboxylic acids is 1. The molecule has 2 rings (SSSR count). The van der Waals surface area contributed by atoms with Crippen molar-refractivity contribution < 1.29 is 32.3 Å². The molecule has 1 saturated heterocycles. The molecule has 108 valence electrons. The zero-order valence-corrected chi connectivity index (χ0v) is 9.95. The van der Waals surface area contributed by atoms with E-state index < -0.39 is 35.4 Å². The molecule has 1 aliphatic heterocycles. The van der Waals surface area contributed by atoms with Crippen LogP contribution in [-0.2, 0) is 15.8 Å². The number of amides is 1. The number of rotatable bonds is 2. The molecule has 0 radical (unpaired) electrons. The number of halogens is 4. The maximum absolute atomic E-state index is 13.4. The Morgan fingerprint density at radius 2 is 2.00 bits per heavy atom. The van der Waals surface area contributed by atoms with E-state index in [1.165, 1.54) is 0 Å². The molecule has 8 heteroatoms. The number of nitrogens with zero attached hydrogens (tertiary/aromatic N) is 1. The average molecular weight is 291 g/mol. The van der Waals surface area contributed by atoms with Gasteiger partial charge in [0.25, 0.3) is 0 Å². The predicted octanol–water partition coefficient (Wildman–Crippen LogP) is 2.28. The van der Waals surface area contributed by atoms with Crippen molar-refractivity contribution in [2.75, 3.05) is 11.4 Å². The summed E-state index contributed by atoms with van der Waals surface area (Å²) in [5, 5.41) is 8.80. The standard InChI is InChI=1S/C12H9F4NO3/c13-9-4-7(1-2-8(9)12(14,15)16)17-5-6(11(19)20)3-10(17)18/h1-2,4,6H,3,5H2,(H,19,20). The van der Waals surface area contributed by atoms with Gasteiger partial charge in [-0.15, -0.1) is 0 Å². The molecule has 1 N–H and O–H groups in total. The fourth-order valence-electron chi connectivity index (χ4n) is 2.02. The molecule has 20 heavy (non-hydrogen) atoms. The minimum Gasteiger partial charge on any atom is -0.481 e. The van der Waals surface area contributed by atoms with E-state index in [-0.39, 0.29) is 18.7 Å². The van der Waals surface area contributed by atoms with Gasteiger partial charge >= 0.3 is 12.1 Å². The Balaban J connectivity index is 2.29. The van der Waals surface area contributed by atoms with Gasteiger partial charge in [0.2, 0.25) is 5.91 Å². The summed E-state index contributed by atoms with van der Waals surface area (Å²) >= 11 is 0. The van der Waals surface area contributed by atoms with Gasteiger partial charge in [-0.05, 0) is 18.2 Å². The molecule has 0 spiro atoms. The van der Waals surface area contributed by atoms with Crippen LogP contribution in [-0.4, -0.2) is 23.5 Å². The van der Waals surface area contributed by atoms with Crippen LogP contribution in [0, 0.1) is 11.7 Å². The predicted molar refractivity (Wildman–Crippen MR) is 59.5 cm³/mol. The van der Waals surface area contributed by atoms with E-state index in [0.29, 0.717) is 12.1 Å². The lowest BCUT2D eigenvalue weighted by Gasteiger charge is -2.17. The van der Waals surface area contributed by atoms with Gasteiger partial charge < -0.3 is 10.0 Å². The largest absolute Gasteiger partial charge is 0.481 e. The third-order valence-electron chi connectivity index (χ3n) is 3.04. The van der Waals surface area contributed by atoms with Crippen LogP contribution in [0.5, 0.6) is 0 Å². The molecular formula is C12H9F4NO3. The second-order valence-corrected chi connectivity index (χ2v) is 4.41. The Hall–Kier alpha value is -2.12. The Kier molecular flexibility index (Phi) is 3.41. The summed E-state index contributed by atoms with van der Waals surface area (Å²) < 4.78 is 50.6. The van der Waals surface area contributed by atoms with Gasteiger partial charge in [-0.2, -0.15) is 13.2 Å². The first-order valence-electron chi connectivity index (χ1n) is 5.60. The highest BCUT2D eigenvalue weighted by Crippen LogP contribution is 2.34. The minimum atomic E-state index is -4.82. The smallest absolute Gasteiger partial charge is 0.419 e. The van der Waals surface area contributed by atoms with E-state index in [2.05, 4.69) is 0 Å². The van der Waals surface area contributed by atoms with Crippen molar-refractivity contribution in [3.63, 3.8) is 0 Å². The zero-order chi connectivity index (χ0) is 15.1. The quantitative estimate of drug-likeness (QED) is 0.850. The number of aliphatic carboxylic acids is 1. The first-order valence-corrected chi connectivity index (χ1v) is 5.60. The molecule has 0 bridgehead atoms. The monoisotopic (exact) mass is 291 g/mol. The van der Waals surface area contributed by atoms with Gasteiger partial charge in [0, 0.05) is 18.7 Å². The summed E-state index contributed by atoms with van der Waals surface area (Å²) in [6, 6.07) is 2.07. The highest BCUT2D eigenvalue weighted by Gasteiger charge is 2.37. The molecule has 1 aliphatic rings. The third kappa shape index (κ3) is 2.59. The topological polar surface area (TPSA) is 57.6 Å². The molecule has 1 fully saturated rings. The maximum atomic E-state index is 13.4. The molecule has 1 heterocycles. The van der Waals surface area contributed by atoms with Crippen molar-refractivity contribution in [1.82, 2.24) is 0 Å². The lowest BCUT2D eigenvalue weighted by atomic mass is 10.1. The van der Waals surface area contributed by atoms with Gasteiger partial charge in [-0.25, -0.2) is 4.39 Å². The van der Waals surface area contributed by atoms with Crippen LogP contribution in [0.4, 0.5) is 23.2 Å². The molecule has 1 unspecified atom stereocenters. The lowest BCUT2D eigenvalue weighted by Crippen LogP contribution is -2.26. The van der Waals surface area contributed by atoms with E-state index >= 15 is 0 Å². The number of hydrogen-bond acceptors (Lipinski definition) is 2. The highest BCUT2D eigenvalue weighted by atomic mass is 19.4. The van der Waals surface area contributed by atoms with Crippen molar-refractivity contribution in [3.05, 3.63) is 29.6 Å². The molecule has 1 amide bonds. The van der Waals surface area contributed by atoms with E-state index in [1.54, 1.807) is 0 Å². The van der Waals surface area contributed by atoms with Crippen LogP contribution in [0.3, 0.4) is 0 Å². The zero-order valence-electron chi connectivity index (χ0n) is 9.95. The number of carboxylic acid groups (broad SMARTS) is 1. The molecule has 0 saturated carbocycles. The van der Waals surface area contributed by atoms with Gasteiger partial charge in [0.15, 0.2) is 0 Å². The van der Waals surface area contributed by atoms with Crippen molar-refractivity contribution >= 4 is 17.6 Å². The molecule has 4 nitrogen and oxygen atoms in total. The SMILES string of the molecule is O=C(O)C1CC(=O)N(c2ccc(C(F)(F)F)c(F)c2)C1. The Labute approximate surface area is 110 Å².